The third kappa shape index (κ3) is 4.05. The van der Waals surface area contributed by atoms with Crippen molar-refractivity contribution >= 4 is 11.9 Å². The van der Waals surface area contributed by atoms with Crippen LogP contribution in [0.4, 0.5) is 0 Å². The molecule has 1 aromatic carbocycles. The van der Waals surface area contributed by atoms with Crippen molar-refractivity contribution in [3.63, 3.8) is 0 Å². The van der Waals surface area contributed by atoms with Gasteiger partial charge in [0.25, 0.3) is 0 Å². The fourth-order valence-electron chi connectivity index (χ4n) is 1.81. The molecular formula is C18H26O. The van der Waals surface area contributed by atoms with E-state index in [1.165, 1.54) is 0 Å². The molecule has 0 amide bonds. The van der Waals surface area contributed by atoms with Gasteiger partial charge in [-0.1, -0.05) is 59.7 Å². The number of carbonyl (C=O) groups excluding carboxylic acids is 1. The normalized spacial score (nSPS) is 16.5. The van der Waals surface area contributed by atoms with Gasteiger partial charge in [0.1, 0.15) is 6.29 Å². The van der Waals surface area contributed by atoms with Gasteiger partial charge in [-0.05, 0) is 46.0 Å². The molecule has 0 heterocycles. The van der Waals surface area contributed by atoms with E-state index >= 15 is 0 Å². The van der Waals surface area contributed by atoms with Gasteiger partial charge in [0, 0.05) is 4.11 Å². The second kappa shape index (κ2) is 5.32. The molecule has 0 aliphatic carbocycles. The topological polar surface area (TPSA) is 17.1 Å². The minimum Gasteiger partial charge on any atom is -0.299 e. The lowest BCUT2D eigenvalue weighted by Crippen LogP contribution is -2.16. The maximum atomic E-state index is 10.9. The van der Waals surface area contributed by atoms with Gasteiger partial charge < -0.3 is 0 Å². The van der Waals surface area contributed by atoms with Crippen LogP contribution < -0.4 is 0 Å². The third-order valence-corrected chi connectivity index (χ3v) is 3.21. The zero-order valence-corrected chi connectivity index (χ0v) is 12.8. The first kappa shape index (κ1) is 11.5. The van der Waals surface area contributed by atoms with E-state index < -0.39 is 6.85 Å². The highest BCUT2D eigenvalue weighted by atomic mass is 16.1. The van der Waals surface area contributed by atoms with E-state index in [1.54, 1.807) is 0 Å². The maximum absolute atomic E-state index is 10.9. The average molecular weight is 262 g/mol. The molecule has 0 bridgehead atoms. The Hall–Kier alpha value is -1.37. The lowest BCUT2D eigenvalue weighted by Gasteiger charge is -2.26. The molecule has 0 N–H and O–H groups in total. The molecule has 0 saturated carbocycles. The molecule has 1 aromatic rings. The van der Waals surface area contributed by atoms with Crippen molar-refractivity contribution in [2.75, 3.05) is 0 Å². The fourth-order valence-corrected chi connectivity index (χ4v) is 1.81. The Kier molecular flexibility index (Phi) is 3.21. The highest BCUT2D eigenvalue weighted by Crippen LogP contribution is 2.32. The fraction of sp³-hybridized carbons (Fsp3) is 0.500. The zero-order valence-electron chi connectivity index (χ0n) is 15.8. The van der Waals surface area contributed by atoms with Crippen molar-refractivity contribution in [1.82, 2.24) is 0 Å². The second-order valence-corrected chi connectivity index (χ2v) is 7.02. The molecule has 1 heteroatoms. The molecule has 0 fully saturated rings. The van der Waals surface area contributed by atoms with E-state index in [4.69, 9.17) is 4.11 Å². The molecule has 0 spiro atoms. The second-order valence-electron chi connectivity index (χ2n) is 7.02. The van der Waals surface area contributed by atoms with E-state index in [1.807, 2.05) is 12.1 Å². The zero-order chi connectivity index (χ0) is 17.3. The van der Waals surface area contributed by atoms with Gasteiger partial charge in [0.2, 0.25) is 0 Å². The summed E-state index contributed by atoms with van der Waals surface area (Å²) in [4.78, 5) is 10.9. The summed E-state index contributed by atoms with van der Waals surface area (Å²) in [7, 11) is 0. The first-order valence-electron chi connectivity index (χ1n) is 8.09. The van der Waals surface area contributed by atoms with Crippen molar-refractivity contribution in [2.24, 2.45) is 0 Å². The summed E-state index contributed by atoms with van der Waals surface area (Å²) < 4.78 is 23.1. The quantitative estimate of drug-likeness (QED) is 0.421. The Balaban J connectivity index is 3.67. The van der Waals surface area contributed by atoms with E-state index in [9.17, 15) is 4.79 Å². The smallest absolute Gasteiger partial charge is 0.143 e. The predicted octanol–water partition coefficient (Wildman–Crippen LogP) is 4.88. The van der Waals surface area contributed by atoms with Gasteiger partial charge in [-0.25, -0.2) is 0 Å². The van der Waals surface area contributed by atoms with Crippen LogP contribution >= 0.6 is 0 Å². The molecular weight excluding hydrogens is 233 g/mol. The van der Waals surface area contributed by atoms with Crippen molar-refractivity contribution in [3.05, 3.63) is 41.0 Å². The average Bonchev–Trinajstić information content (AvgIpc) is 2.31. The molecule has 0 atom stereocenters. The monoisotopic (exact) mass is 262 g/mol. The van der Waals surface area contributed by atoms with Crippen LogP contribution in [0.5, 0.6) is 0 Å². The van der Waals surface area contributed by atoms with E-state index in [2.05, 4.69) is 47.6 Å². The number of hydrogen-bond donors (Lipinski definition) is 0. The van der Waals surface area contributed by atoms with Crippen molar-refractivity contribution < 1.29 is 8.91 Å². The first-order valence-corrected chi connectivity index (χ1v) is 6.59. The molecule has 19 heavy (non-hydrogen) atoms. The maximum Gasteiger partial charge on any atom is 0.143 e. The number of allylic oxidation sites excluding steroid dienone is 2. The summed E-state index contributed by atoms with van der Waals surface area (Å²) in [6, 6.07) is 5.90. The lowest BCUT2D eigenvalue weighted by atomic mass is 9.79. The van der Waals surface area contributed by atoms with Crippen LogP contribution in [0, 0.1) is 0 Å². The van der Waals surface area contributed by atoms with Gasteiger partial charge in [-0.3, -0.25) is 4.79 Å². The van der Waals surface area contributed by atoms with Gasteiger partial charge >= 0.3 is 0 Å². The third-order valence-electron chi connectivity index (χ3n) is 3.21. The number of rotatable bonds is 2. The van der Waals surface area contributed by atoms with Crippen LogP contribution in [0.3, 0.4) is 0 Å². The summed E-state index contributed by atoms with van der Waals surface area (Å²) in [5.74, 6) is 0. The standard InChI is InChI=1S/C18H26O/c1-13(8-9-19)14-10-15(17(2,3)4)12-16(11-14)18(5,6)7/h8-12H,1-7H3/b13-8+/i1+1D3. The Labute approximate surface area is 121 Å². The van der Waals surface area contributed by atoms with Crippen LogP contribution in [0.2, 0.25) is 0 Å². The Morgan fingerprint density at radius 3 is 1.79 bits per heavy atom. The molecule has 0 aliphatic heterocycles. The van der Waals surface area contributed by atoms with Crippen LogP contribution in [0.1, 0.15) is 69.2 Å². The SMILES string of the molecule is [2H][13C]([2H])([2H])/C(=C\C=O)c1cc(C(C)(C)C)cc(C(C)(C)C)c1. The summed E-state index contributed by atoms with van der Waals surface area (Å²) >= 11 is 0. The molecule has 0 radical (unpaired) electrons. The van der Waals surface area contributed by atoms with Crippen LogP contribution in [0.15, 0.2) is 24.3 Å². The van der Waals surface area contributed by atoms with Crippen molar-refractivity contribution in [3.8, 4) is 0 Å². The first-order chi connectivity index (χ1) is 9.76. The number of hydrogen-bond acceptors (Lipinski definition) is 1. The van der Waals surface area contributed by atoms with Crippen LogP contribution in [0.25, 0.3) is 5.57 Å². The van der Waals surface area contributed by atoms with Gasteiger partial charge in [0.15, 0.2) is 0 Å². The highest BCUT2D eigenvalue weighted by Gasteiger charge is 2.20. The molecule has 0 saturated heterocycles. The van der Waals surface area contributed by atoms with Gasteiger partial charge in [-0.15, -0.1) is 0 Å². The Bertz CT molecular complexity index is 550. The summed E-state index contributed by atoms with van der Waals surface area (Å²) in [6.07, 6.45) is 1.70. The molecule has 0 unspecified atom stereocenters. The minimum absolute atomic E-state index is 0.0964. The molecule has 1 nitrogen and oxygen atoms in total. The Morgan fingerprint density at radius 1 is 1.00 bits per heavy atom. The van der Waals surface area contributed by atoms with E-state index in [0.29, 0.717) is 11.8 Å². The summed E-state index contributed by atoms with van der Waals surface area (Å²) in [5.41, 5.74) is 2.63. The largest absolute Gasteiger partial charge is 0.299 e. The number of carbonyl (C=O) groups is 1. The number of aldehydes is 1. The minimum atomic E-state index is -2.31. The molecule has 1 rings (SSSR count). The van der Waals surface area contributed by atoms with Crippen LogP contribution in [-0.4, -0.2) is 6.29 Å². The number of benzene rings is 1. The molecule has 104 valence electrons. The lowest BCUT2D eigenvalue weighted by molar-refractivity contribution is -0.104. The predicted molar refractivity (Wildman–Crippen MR) is 83.6 cm³/mol. The van der Waals surface area contributed by atoms with Gasteiger partial charge in [-0.2, -0.15) is 0 Å². The summed E-state index contributed by atoms with van der Waals surface area (Å²) in [6.45, 7) is 10.3. The van der Waals surface area contributed by atoms with Crippen LogP contribution in [-0.2, 0) is 15.6 Å². The molecule has 0 aromatic heterocycles. The van der Waals surface area contributed by atoms with E-state index in [-0.39, 0.29) is 16.4 Å². The van der Waals surface area contributed by atoms with E-state index in [0.717, 1.165) is 17.2 Å². The summed E-state index contributed by atoms with van der Waals surface area (Å²) in [5, 5.41) is 0. The van der Waals surface area contributed by atoms with Crippen molar-refractivity contribution in [1.29, 1.82) is 0 Å². The molecule has 0 aliphatic rings. The Morgan fingerprint density at radius 2 is 1.47 bits per heavy atom. The van der Waals surface area contributed by atoms with Crippen molar-refractivity contribution in [2.45, 2.75) is 59.2 Å². The highest BCUT2D eigenvalue weighted by molar-refractivity contribution is 5.81. The van der Waals surface area contributed by atoms with Gasteiger partial charge in [0.05, 0.1) is 0 Å².